The molecule has 0 spiro atoms. The molecular formula is C14H18Br2N2O. The average molecular weight is 390 g/mol. The van der Waals surface area contributed by atoms with Crippen LogP contribution in [0, 0.1) is 5.92 Å². The van der Waals surface area contributed by atoms with E-state index in [1.165, 1.54) is 0 Å². The molecule has 2 atom stereocenters. The number of hydrogen-bond donors (Lipinski definition) is 1. The maximum atomic E-state index is 12.3. The molecule has 5 heteroatoms. The topological polar surface area (TPSA) is 32.3 Å². The Kier molecular flexibility index (Phi) is 5.03. The molecule has 0 aliphatic carbocycles. The van der Waals surface area contributed by atoms with Gasteiger partial charge in [0.15, 0.2) is 0 Å². The number of rotatable bonds is 2. The van der Waals surface area contributed by atoms with Crippen LogP contribution in [0.1, 0.15) is 23.7 Å². The molecule has 1 fully saturated rings. The van der Waals surface area contributed by atoms with E-state index in [1.54, 1.807) is 0 Å². The second-order valence-electron chi connectivity index (χ2n) is 5.23. The summed E-state index contributed by atoms with van der Waals surface area (Å²) in [5, 5.41) is 3.16. The normalized spacial score (nSPS) is 24.2. The summed E-state index contributed by atoms with van der Waals surface area (Å²) < 4.78 is 1.74. The summed E-state index contributed by atoms with van der Waals surface area (Å²) in [6.07, 6.45) is 1.01. The Morgan fingerprint density at radius 1 is 1.42 bits per heavy atom. The zero-order chi connectivity index (χ0) is 14.0. The number of carbonyl (C=O) groups is 1. The molecule has 0 radical (unpaired) electrons. The fourth-order valence-electron chi connectivity index (χ4n) is 2.49. The van der Waals surface area contributed by atoms with Gasteiger partial charge in [-0.25, -0.2) is 0 Å². The van der Waals surface area contributed by atoms with Gasteiger partial charge < -0.3 is 10.2 Å². The summed E-state index contributed by atoms with van der Waals surface area (Å²) in [5.41, 5.74) is 0.681. The second-order valence-corrected chi connectivity index (χ2v) is 7.00. The number of benzene rings is 1. The van der Waals surface area contributed by atoms with Crippen molar-refractivity contribution >= 4 is 37.8 Å². The molecule has 1 saturated heterocycles. The maximum absolute atomic E-state index is 12.3. The number of likely N-dealkylation sites (tertiary alicyclic amines) is 1. The summed E-state index contributed by atoms with van der Waals surface area (Å²) >= 11 is 6.83. The lowest BCUT2D eigenvalue weighted by Gasteiger charge is -2.35. The van der Waals surface area contributed by atoms with Crippen LogP contribution in [0.3, 0.4) is 0 Å². The predicted molar refractivity (Wildman–Crippen MR) is 84.4 cm³/mol. The highest BCUT2D eigenvalue weighted by Gasteiger charge is 2.26. The number of amides is 1. The van der Waals surface area contributed by atoms with Gasteiger partial charge in [-0.15, -0.1) is 0 Å². The van der Waals surface area contributed by atoms with E-state index < -0.39 is 0 Å². The molecule has 0 bridgehead atoms. The summed E-state index contributed by atoms with van der Waals surface area (Å²) in [6.45, 7) is 4.26. The van der Waals surface area contributed by atoms with Gasteiger partial charge in [-0.2, -0.15) is 0 Å². The minimum Gasteiger partial charge on any atom is -0.349 e. The van der Waals surface area contributed by atoms with Crippen LogP contribution >= 0.6 is 31.9 Å². The molecule has 0 aromatic heterocycles. The van der Waals surface area contributed by atoms with Crippen molar-refractivity contribution in [2.75, 3.05) is 20.1 Å². The number of piperidine rings is 1. The van der Waals surface area contributed by atoms with Gasteiger partial charge in [0.25, 0.3) is 5.91 Å². The lowest BCUT2D eigenvalue weighted by atomic mass is 9.94. The van der Waals surface area contributed by atoms with E-state index in [0.29, 0.717) is 11.5 Å². The van der Waals surface area contributed by atoms with Crippen LogP contribution in [0.2, 0.25) is 0 Å². The molecule has 2 unspecified atom stereocenters. The largest absolute Gasteiger partial charge is 0.349 e. The molecule has 1 aliphatic rings. The Labute approximate surface area is 131 Å². The van der Waals surface area contributed by atoms with Crippen molar-refractivity contribution in [3.05, 3.63) is 32.7 Å². The Morgan fingerprint density at radius 2 is 2.16 bits per heavy atom. The summed E-state index contributed by atoms with van der Waals surface area (Å²) in [5.74, 6) is 0.475. The second kappa shape index (κ2) is 6.37. The molecular weight excluding hydrogens is 372 g/mol. The number of carbonyl (C=O) groups excluding carboxylic acids is 1. The van der Waals surface area contributed by atoms with E-state index in [2.05, 4.69) is 56.0 Å². The van der Waals surface area contributed by atoms with Crippen LogP contribution in [0.15, 0.2) is 27.1 Å². The number of nitrogens with one attached hydrogen (secondary N) is 1. The van der Waals surface area contributed by atoms with Crippen molar-refractivity contribution in [1.82, 2.24) is 10.2 Å². The Morgan fingerprint density at radius 3 is 2.84 bits per heavy atom. The van der Waals surface area contributed by atoms with Gasteiger partial charge in [0, 0.05) is 21.5 Å². The smallest absolute Gasteiger partial charge is 0.252 e. The van der Waals surface area contributed by atoms with E-state index in [4.69, 9.17) is 0 Å². The molecule has 19 heavy (non-hydrogen) atoms. The highest BCUT2D eigenvalue weighted by molar-refractivity contribution is 9.11. The molecule has 1 aromatic carbocycles. The molecule has 2 rings (SSSR count). The molecule has 1 N–H and O–H groups in total. The zero-order valence-corrected chi connectivity index (χ0v) is 14.3. The van der Waals surface area contributed by atoms with Gasteiger partial charge in [0.1, 0.15) is 0 Å². The van der Waals surface area contributed by atoms with Gasteiger partial charge in [0.05, 0.1) is 5.56 Å². The van der Waals surface area contributed by atoms with Crippen molar-refractivity contribution in [3.63, 3.8) is 0 Å². The monoisotopic (exact) mass is 388 g/mol. The van der Waals surface area contributed by atoms with E-state index in [1.807, 2.05) is 18.2 Å². The first-order chi connectivity index (χ1) is 8.97. The number of hydrogen-bond acceptors (Lipinski definition) is 2. The molecule has 1 aromatic rings. The predicted octanol–water partition coefficient (Wildman–Crippen LogP) is 3.28. The molecule has 1 aliphatic heterocycles. The lowest BCUT2D eigenvalue weighted by Crippen LogP contribution is -2.48. The van der Waals surface area contributed by atoms with Crippen molar-refractivity contribution in [1.29, 1.82) is 0 Å². The van der Waals surface area contributed by atoms with Gasteiger partial charge >= 0.3 is 0 Å². The third-order valence-electron chi connectivity index (χ3n) is 3.60. The zero-order valence-electron chi connectivity index (χ0n) is 11.1. The van der Waals surface area contributed by atoms with Gasteiger partial charge in [0.2, 0.25) is 0 Å². The molecule has 0 saturated carbocycles. The molecule has 1 heterocycles. The Bertz CT molecular complexity index is 479. The van der Waals surface area contributed by atoms with Crippen molar-refractivity contribution in [2.45, 2.75) is 19.4 Å². The summed E-state index contributed by atoms with van der Waals surface area (Å²) in [6, 6.07) is 5.91. The first-order valence-corrected chi connectivity index (χ1v) is 8.00. The first-order valence-electron chi connectivity index (χ1n) is 6.42. The fraction of sp³-hybridized carbons (Fsp3) is 0.500. The van der Waals surface area contributed by atoms with Crippen LogP contribution < -0.4 is 5.32 Å². The average Bonchev–Trinajstić information content (AvgIpc) is 2.35. The van der Waals surface area contributed by atoms with E-state index in [0.717, 1.165) is 28.5 Å². The number of halogens is 2. The van der Waals surface area contributed by atoms with E-state index in [-0.39, 0.29) is 11.9 Å². The van der Waals surface area contributed by atoms with Crippen molar-refractivity contribution < 1.29 is 4.79 Å². The van der Waals surface area contributed by atoms with Crippen LogP contribution in [0.4, 0.5) is 0 Å². The minimum atomic E-state index is -0.00502. The van der Waals surface area contributed by atoms with Crippen LogP contribution in [0.5, 0.6) is 0 Å². The highest BCUT2D eigenvalue weighted by Crippen LogP contribution is 2.22. The standard InChI is InChI=1S/C14H18Br2N2O/c1-9-8-18(2)6-5-13(9)17-14(19)11-7-10(15)3-4-12(11)16/h3-4,7,9,13H,5-6,8H2,1-2H3,(H,17,19). The van der Waals surface area contributed by atoms with Gasteiger partial charge in [-0.1, -0.05) is 22.9 Å². The third-order valence-corrected chi connectivity index (χ3v) is 4.78. The van der Waals surface area contributed by atoms with Gasteiger partial charge in [-0.05, 0) is 60.1 Å². The summed E-state index contributed by atoms with van der Waals surface area (Å²) in [7, 11) is 2.12. The molecule has 1 amide bonds. The maximum Gasteiger partial charge on any atom is 0.252 e. The fourth-order valence-corrected chi connectivity index (χ4v) is 3.27. The van der Waals surface area contributed by atoms with Gasteiger partial charge in [-0.3, -0.25) is 4.79 Å². The molecule has 104 valence electrons. The van der Waals surface area contributed by atoms with E-state index in [9.17, 15) is 4.79 Å². The van der Waals surface area contributed by atoms with Crippen molar-refractivity contribution in [3.8, 4) is 0 Å². The van der Waals surface area contributed by atoms with Crippen LogP contribution in [0.25, 0.3) is 0 Å². The quantitative estimate of drug-likeness (QED) is 0.841. The van der Waals surface area contributed by atoms with E-state index >= 15 is 0 Å². The van der Waals surface area contributed by atoms with Crippen LogP contribution in [-0.2, 0) is 0 Å². The van der Waals surface area contributed by atoms with Crippen molar-refractivity contribution in [2.24, 2.45) is 5.92 Å². The van der Waals surface area contributed by atoms with Crippen LogP contribution in [-0.4, -0.2) is 37.0 Å². The first kappa shape index (κ1) is 15.0. The minimum absolute atomic E-state index is 0.00502. The lowest BCUT2D eigenvalue weighted by molar-refractivity contribution is 0.0883. The Hall–Kier alpha value is -0.390. The highest BCUT2D eigenvalue weighted by atomic mass is 79.9. The summed E-state index contributed by atoms with van der Waals surface area (Å²) in [4.78, 5) is 14.6. The Balaban J connectivity index is 2.06. The SMILES string of the molecule is CC1CN(C)CCC1NC(=O)c1cc(Br)ccc1Br. The molecule has 3 nitrogen and oxygen atoms in total. The number of nitrogens with zero attached hydrogens (tertiary/aromatic N) is 1. The third kappa shape index (κ3) is 3.80.